The lowest BCUT2D eigenvalue weighted by molar-refractivity contribution is -0.137. The number of carbonyl (C=O) groups excluding carboxylic acids is 1. The molecule has 1 atom stereocenters. The molecule has 0 aromatic heterocycles. The number of nitrogens with one attached hydrogen (secondary N) is 3. The molecule has 0 aliphatic heterocycles. The zero-order valence-corrected chi connectivity index (χ0v) is 20.3. The quantitative estimate of drug-likeness (QED) is 0.219. The summed E-state index contributed by atoms with van der Waals surface area (Å²) < 4.78 is 39.1. The van der Waals surface area contributed by atoms with Gasteiger partial charge in [0.15, 0.2) is 5.11 Å². The highest BCUT2D eigenvalue weighted by atomic mass is 35.5. The third-order valence-electron chi connectivity index (χ3n) is 4.62. The van der Waals surface area contributed by atoms with E-state index in [-0.39, 0.29) is 10.7 Å². The first-order valence-electron chi connectivity index (χ1n) is 10.2. The van der Waals surface area contributed by atoms with Gasteiger partial charge in [0.25, 0.3) is 0 Å². The summed E-state index contributed by atoms with van der Waals surface area (Å²) in [4.78, 5) is 13.6. The zero-order chi connectivity index (χ0) is 24.7. The van der Waals surface area contributed by atoms with E-state index < -0.39 is 22.9 Å². The molecule has 3 aromatic rings. The molecule has 0 saturated heterocycles. The molecule has 3 aromatic carbocycles. The van der Waals surface area contributed by atoms with E-state index in [1.807, 2.05) is 61.5 Å². The number of alkyl halides is 3. The van der Waals surface area contributed by atoms with Crippen molar-refractivity contribution in [2.24, 2.45) is 0 Å². The summed E-state index contributed by atoms with van der Waals surface area (Å²) in [7, 11) is 0. The van der Waals surface area contributed by atoms with Gasteiger partial charge in [-0.25, -0.2) is 0 Å². The molecule has 0 saturated carbocycles. The minimum absolute atomic E-state index is 0.0341. The van der Waals surface area contributed by atoms with Crippen molar-refractivity contribution in [3.05, 3.63) is 83.4 Å². The predicted molar refractivity (Wildman–Crippen MR) is 138 cm³/mol. The molecular weight excluding hydrogens is 503 g/mol. The third kappa shape index (κ3) is 7.38. The molecule has 0 spiro atoms. The minimum atomic E-state index is -4.54. The second kappa shape index (κ2) is 11.6. The van der Waals surface area contributed by atoms with Crippen LogP contribution in [0.2, 0.25) is 5.02 Å². The Morgan fingerprint density at radius 2 is 1.65 bits per heavy atom. The third-order valence-corrected chi connectivity index (χ3v) is 6.51. The van der Waals surface area contributed by atoms with Gasteiger partial charge in [-0.15, -0.1) is 11.8 Å². The molecule has 1 amide bonds. The first-order chi connectivity index (χ1) is 16.2. The summed E-state index contributed by atoms with van der Waals surface area (Å²) in [5.74, 6) is -0.437. The summed E-state index contributed by atoms with van der Waals surface area (Å²) in [5.41, 5.74) is 0.621. The van der Waals surface area contributed by atoms with Crippen LogP contribution in [0, 0.1) is 0 Å². The van der Waals surface area contributed by atoms with Crippen molar-refractivity contribution in [2.75, 3.05) is 16.0 Å². The Balaban J connectivity index is 1.66. The number of thiocarbonyl (C=S) groups is 1. The maximum Gasteiger partial charge on any atom is 0.416 e. The van der Waals surface area contributed by atoms with Crippen molar-refractivity contribution in [2.45, 2.75) is 29.7 Å². The van der Waals surface area contributed by atoms with Crippen LogP contribution >= 0.6 is 35.6 Å². The normalized spacial score (nSPS) is 12.0. The predicted octanol–water partition coefficient (Wildman–Crippen LogP) is 7.68. The van der Waals surface area contributed by atoms with Crippen molar-refractivity contribution in [1.82, 2.24) is 0 Å². The van der Waals surface area contributed by atoms with Crippen LogP contribution in [0.3, 0.4) is 0 Å². The van der Waals surface area contributed by atoms with Crippen molar-refractivity contribution in [3.63, 3.8) is 0 Å². The van der Waals surface area contributed by atoms with Gasteiger partial charge in [-0.2, -0.15) is 13.2 Å². The standard InChI is InChI=1S/C24H21ClF3N3OS2/c1-2-21(22(32)31-20-13-15(24(26,27)28)11-12-19(20)25)34-18-10-6-9-17(14-18)30-23(33)29-16-7-4-3-5-8-16/h3-14,21H,2H2,1H3,(H,31,32)(H2,29,30,33). The number of amides is 1. The lowest BCUT2D eigenvalue weighted by Gasteiger charge is -2.17. The summed E-state index contributed by atoms with van der Waals surface area (Å²) in [6.07, 6.45) is -4.08. The summed E-state index contributed by atoms with van der Waals surface area (Å²) in [6, 6.07) is 19.7. The fourth-order valence-corrected chi connectivity index (χ4v) is 4.37. The highest BCUT2D eigenvalue weighted by Gasteiger charge is 2.31. The lowest BCUT2D eigenvalue weighted by atomic mass is 10.2. The molecule has 0 radical (unpaired) electrons. The van der Waals surface area contributed by atoms with Gasteiger partial charge in [-0.1, -0.05) is 42.8 Å². The number of thioether (sulfide) groups is 1. The fourth-order valence-electron chi connectivity index (χ4n) is 2.96. The van der Waals surface area contributed by atoms with Crippen LogP contribution in [-0.4, -0.2) is 16.3 Å². The summed E-state index contributed by atoms with van der Waals surface area (Å²) in [6.45, 7) is 1.83. The van der Waals surface area contributed by atoms with Crippen LogP contribution in [0.1, 0.15) is 18.9 Å². The van der Waals surface area contributed by atoms with E-state index >= 15 is 0 Å². The fraction of sp³-hybridized carbons (Fsp3) is 0.167. The number of rotatable bonds is 7. The molecule has 10 heteroatoms. The highest BCUT2D eigenvalue weighted by molar-refractivity contribution is 8.00. The molecular formula is C24H21ClF3N3OS2. The Hall–Kier alpha value is -2.75. The monoisotopic (exact) mass is 523 g/mol. The van der Waals surface area contributed by atoms with E-state index in [2.05, 4.69) is 16.0 Å². The molecule has 0 aliphatic carbocycles. The van der Waals surface area contributed by atoms with Crippen molar-refractivity contribution in [1.29, 1.82) is 0 Å². The van der Waals surface area contributed by atoms with Gasteiger partial charge < -0.3 is 16.0 Å². The summed E-state index contributed by atoms with van der Waals surface area (Å²) in [5, 5.41) is 8.62. The number of benzene rings is 3. The van der Waals surface area contributed by atoms with E-state index in [9.17, 15) is 18.0 Å². The van der Waals surface area contributed by atoms with Crippen molar-refractivity contribution >= 4 is 63.7 Å². The van der Waals surface area contributed by atoms with E-state index in [0.717, 1.165) is 34.5 Å². The smallest absolute Gasteiger partial charge is 0.332 e. The maximum absolute atomic E-state index is 13.0. The van der Waals surface area contributed by atoms with Gasteiger partial charge >= 0.3 is 6.18 Å². The Labute approximate surface area is 210 Å². The first kappa shape index (κ1) is 25.9. The minimum Gasteiger partial charge on any atom is -0.332 e. The molecule has 0 bridgehead atoms. The summed E-state index contributed by atoms with van der Waals surface area (Å²) >= 11 is 12.7. The average molecular weight is 524 g/mol. The van der Waals surface area contributed by atoms with Crippen LogP contribution in [-0.2, 0) is 11.0 Å². The van der Waals surface area contributed by atoms with Gasteiger partial charge in [0.2, 0.25) is 5.91 Å². The Morgan fingerprint density at radius 1 is 0.971 bits per heavy atom. The number of anilines is 3. The van der Waals surface area contributed by atoms with Gasteiger partial charge in [0.05, 0.1) is 21.5 Å². The second-order valence-electron chi connectivity index (χ2n) is 7.17. The molecule has 3 rings (SSSR count). The number of carbonyl (C=O) groups is 1. The van der Waals surface area contributed by atoms with Crippen LogP contribution < -0.4 is 16.0 Å². The van der Waals surface area contributed by atoms with Crippen LogP contribution in [0.5, 0.6) is 0 Å². The molecule has 1 unspecified atom stereocenters. The Bertz CT molecular complexity index is 1160. The van der Waals surface area contributed by atoms with E-state index in [1.165, 1.54) is 11.8 Å². The van der Waals surface area contributed by atoms with Gasteiger partial charge in [-0.05, 0) is 67.2 Å². The van der Waals surface area contributed by atoms with Crippen molar-refractivity contribution < 1.29 is 18.0 Å². The van der Waals surface area contributed by atoms with Crippen LogP contribution in [0.15, 0.2) is 77.7 Å². The molecule has 0 heterocycles. The van der Waals surface area contributed by atoms with Gasteiger partial charge in [0, 0.05) is 16.3 Å². The second-order valence-corrected chi connectivity index (χ2v) is 9.26. The largest absolute Gasteiger partial charge is 0.416 e. The molecule has 178 valence electrons. The SMILES string of the molecule is CCC(Sc1cccc(NC(=S)Nc2ccccc2)c1)C(=O)Nc1cc(C(F)(F)F)ccc1Cl. The van der Waals surface area contributed by atoms with Gasteiger partial charge in [-0.3, -0.25) is 4.79 Å². The maximum atomic E-state index is 13.0. The number of hydrogen-bond acceptors (Lipinski definition) is 3. The number of halogens is 4. The molecule has 34 heavy (non-hydrogen) atoms. The van der Waals surface area contributed by atoms with Crippen molar-refractivity contribution in [3.8, 4) is 0 Å². The first-order valence-corrected chi connectivity index (χ1v) is 11.9. The molecule has 3 N–H and O–H groups in total. The number of para-hydroxylation sites is 1. The molecule has 0 fully saturated rings. The van der Waals surface area contributed by atoms with E-state index in [1.54, 1.807) is 0 Å². The average Bonchev–Trinajstić information content (AvgIpc) is 2.79. The van der Waals surface area contributed by atoms with E-state index in [4.69, 9.17) is 23.8 Å². The Kier molecular flexibility index (Phi) is 8.82. The lowest BCUT2D eigenvalue weighted by Crippen LogP contribution is -2.25. The Morgan fingerprint density at radius 3 is 2.32 bits per heavy atom. The number of hydrogen-bond donors (Lipinski definition) is 3. The van der Waals surface area contributed by atoms with E-state index in [0.29, 0.717) is 11.5 Å². The van der Waals surface area contributed by atoms with Crippen LogP contribution in [0.4, 0.5) is 30.2 Å². The highest BCUT2D eigenvalue weighted by Crippen LogP contribution is 2.35. The topological polar surface area (TPSA) is 53.2 Å². The zero-order valence-electron chi connectivity index (χ0n) is 17.9. The van der Waals surface area contributed by atoms with Gasteiger partial charge in [0.1, 0.15) is 0 Å². The van der Waals surface area contributed by atoms with Crippen LogP contribution in [0.25, 0.3) is 0 Å². The molecule has 0 aliphatic rings. The molecule has 4 nitrogen and oxygen atoms in total.